The Labute approximate surface area is 138 Å². The van der Waals surface area contributed by atoms with Crippen LogP contribution in [0.15, 0.2) is 41.0 Å². The minimum atomic E-state index is -0.0182. The van der Waals surface area contributed by atoms with Crippen LogP contribution >= 0.6 is 27.5 Å². The summed E-state index contributed by atoms with van der Waals surface area (Å²) in [6.07, 6.45) is 2.77. The van der Waals surface area contributed by atoms with Crippen LogP contribution in [0.2, 0.25) is 5.02 Å². The molecular formula is C16H18BrClN2O. The van der Waals surface area contributed by atoms with Crippen LogP contribution in [0, 0.1) is 0 Å². The van der Waals surface area contributed by atoms with Crippen molar-refractivity contribution in [3.8, 4) is 0 Å². The third-order valence-corrected chi connectivity index (χ3v) is 3.90. The van der Waals surface area contributed by atoms with Gasteiger partial charge in [0.15, 0.2) is 0 Å². The predicted octanol–water partition coefficient (Wildman–Crippen LogP) is 4.59. The minimum Gasteiger partial charge on any atom is -0.342 e. The van der Waals surface area contributed by atoms with Gasteiger partial charge in [-0.05, 0) is 30.2 Å². The number of aryl methyl sites for hydroxylation is 1. The van der Waals surface area contributed by atoms with Crippen LogP contribution in [0.3, 0.4) is 0 Å². The highest BCUT2D eigenvalue weighted by molar-refractivity contribution is 9.10. The summed E-state index contributed by atoms with van der Waals surface area (Å²) in [5.41, 5.74) is 1.72. The predicted molar refractivity (Wildman–Crippen MR) is 89.7 cm³/mol. The number of hydrogen-bond acceptors (Lipinski definition) is 1. The Kier molecular flexibility index (Phi) is 5.48. The van der Waals surface area contributed by atoms with E-state index in [1.165, 1.54) is 0 Å². The number of benzene rings is 1. The average molecular weight is 370 g/mol. The van der Waals surface area contributed by atoms with Gasteiger partial charge in [-0.1, -0.05) is 46.6 Å². The summed E-state index contributed by atoms with van der Waals surface area (Å²) in [7, 11) is 1.81. The quantitative estimate of drug-likeness (QED) is 0.757. The highest BCUT2D eigenvalue weighted by Crippen LogP contribution is 2.18. The number of halogens is 2. The van der Waals surface area contributed by atoms with E-state index in [1.54, 1.807) is 18.0 Å². The molecule has 1 heterocycles. The molecule has 0 aliphatic heterocycles. The SMILES string of the molecule is CCCn1cc(Cl)cc1C(=O)N(C)Cc1cccc(Br)c1. The lowest BCUT2D eigenvalue weighted by Gasteiger charge is -2.18. The average Bonchev–Trinajstić information content (AvgIpc) is 2.79. The molecule has 112 valence electrons. The summed E-state index contributed by atoms with van der Waals surface area (Å²) in [6, 6.07) is 9.69. The second-order valence-electron chi connectivity index (χ2n) is 5.03. The van der Waals surface area contributed by atoms with Gasteiger partial charge >= 0.3 is 0 Å². The molecule has 0 N–H and O–H groups in total. The molecule has 0 unspecified atom stereocenters. The number of hydrogen-bond donors (Lipinski definition) is 0. The minimum absolute atomic E-state index is 0.0182. The van der Waals surface area contributed by atoms with Crippen LogP contribution in [-0.2, 0) is 13.1 Å². The first-order valence-corrected chi connectivity index (χ1v) is 8.04. The number of nitrogens with zero attached hydrogens (tertiary/aromatic N) is 2. The van der Waals surface area contributed by atoms with Crippen molar-refractivity contribution in [1.29, 1.82) is 0 Å². The molecule has 0 aliphatic carbocycles. The van der Waals surface area contributed by atoms with Gasteiger partial charge in [0.25, 0.3) is 5.91 Å². The molecule has 1 amide bonds. The van der Waals surface area contributed by atoms with E-state index in [2.05, 4.69) is 22.9 Å². The van der Waals surface area contributed by atoms with Gasteiger partial charge in [-0.25, -0.2) is 0 Å². The second kappa shape index (κ2) is 7.14. The Bertz CT molecular complexity index is 639. The molecule has 0 saturated carbocycles. The molecule has 3 nitrogen and oxygen atoms in total. The maximum absolute atomic E-state index is 12.6. The number of carbonyl (C=O) groups is 1. The van der Waals surface area contributed by atoms with Crippen molar-refractivity contribution >= 4 is 33.4 Å². The first kappa shape index (κ1) is 16.1. The third-order valence-electron chi connectivity index (χ3n) is 3.20. The largest absolute Gasteiger partial charge is 0.342 e. The van der Waals surface area contributed by atoms with Gasteiger partial charge in [-0.15, -0.1) is 0 Å². The number of aromatic nitrogens is 1. The maximum Gasteiger partial charge on any atom is 0.270 e. The molecule has 0 saturated heterocycles. The molecule has 0 bridgehead atoms. The standard InChI is InChI=1S/C16H18BrClN2O/c1-3-7-20-11-14(18)9-15(20)16(21)19(2)10-12-5-4-6-13(17)8-12/h4-6,8-9,11H,3,7,10H2,1-2H3. The van der Waals surface area contributed by atoms with Crippen molar-refractivity contribution < 1.29 is 4.79 Å². The van der Waals surface area contributed by atoms with Crippen LogP contribution in [0.5, 0.6) is 0 Å². The molecule has 2 rings (SSSR count). The molecule has 2 aromatic rings. The lowest BCUT2D eigenvalue weighted by molar-refractivity contribution is 0.0774. The molecule has 0 atom stereocenters. The molecule has 0 radical (unpaired) electrons. The molecule has 0 fully saturated rings. The highest BCUT2D eigenvalue weighted by atomic mass is 79.9. The van der Waals surface area contributed by atoms with Crippen LogP contribution < -0.4 is 0 Å². The smallest absolute Gasteiger partial charge is 0.270 e. The number of rotatable bonds is 5. The van der Waals surface area contributed by atoms with Gasteiger partial charge in [0.2, 0.25) is 0 Å². The summed E-state index contributed by atoms with van der Waals surface area (Å²) in [5.74, 6) is -0.0182. The lowest BCUT2D eigenvalue weighted by atomic mass is 10.2. The molecule has 0 aliphatic rings. The normalized spacial score (nSPS) is 10.7. The molecular weight excluding hydrogens is 352 g/mol. The third kappa shape index (κ3) is 4.11. The molecule has 5 heteroatoms. The molecule has 21 heavy (non-hydrogen) atoms. The Morgan fingerprint density at radius 1 is 1.38 bits per heavy atom. The zero-order chi connectivity index (χ0) is 15.4. The summed E-state index contributed by atoms with van der Waals surface area (Å²) >= 11 is 9.48. The highest BCUT2D eigenvalue weighted by Gasteiger charge is 2.17. The van der Waals surface area contributed by atoms with E-state index < -0.39 is 0 Å². The van der Waals surface area contributed by atoms with Gasteiger partial charge in [-0.2, -0.15) is 0 Å². The van der Waals surface area contributed by atoms with E-state index in [0.29, 0.717) is 17.3 Å². The van der Waals surface area contributed by atoms with Gasteiger partial charge < -0.3 is 9.47 Å². The second-order valence-corrected chi connectivity index (χ2v) is 6.38. The van der Waals surface area contributed by atoms with Gasteiger partial charge in [0.1, 0.15) is 5.69 Å². The fraction of sp³-hybridized carbons (Fsp3) is 0.312. The first-order chi connectivity index (χ1) is 10.0. The van der Waals surface area contributed by atoms with Crippen molar-refractivity contribution in [3.63, 3.8) is 0 Å². The van der Waals surface area contributed by atoms with Crippen LogP contribution in [0.1, 0.15) is 29.4 Å². The molecule has 0 spiro atoms. The van der Waals surface area contributed by atoms with E-state index in [-0.39, 0.29) is 5.91 Å². The van der Waals surface area contributed by atoms with Gasteiger partial charge in [-0.3, -0.25) is 4.79 Å². The fourth-order valence-electron chi connectivity index (χ4n) is 2.26. The Hall–Kier alpha value is -1.26. The molecule has 1 aromatic carbocycles. The van der Waals surface area contributed by atoms with E-state index in [1.807, 2.05) is 35.0 Å². The van der Waals surface area contributed by atoms with Gasteiger partial charge in [0.05, 0.1) is 5.02 Å². The van der Waals surface area contributed by atoms with Crippen molar-refractivity contribution in [3.05, 3.63) is 57.3 Å². The monoisotopic (exact) mass is 368 g/mol. The zero-order valence-electron chi connectivity index (χ0n) is 12.1. The summed E-state index contributed by atoms with van der Waals surface area (Å²) in [6.45, 7) is 3.43. The Balaban J connectivity index is 2.15. The summed E-state index contributed by atoms with van der Waals surface area (Å²) in [4.78, 5) is 14.3. The Morgan fingerprint density at radius 2 is 2.14 bits per heavy atom. The fourth-order valence-corrected chi connectivity index (χ4v) is 2.92. The van der Waals surface area contributed by atoms with Crippen molar-refractivity contribution in [1.82, 2.24) is 9.47 Å². The van der Waals surface area contributed by atoms with Crippen LogP contribution in [0.25, 0.3) is 0 Å². The number of carbonyl (C=O) groups excluding carboxylic acids is 1. The van der Waals surface area contributed by atoms with E-state index in [9.17, 15) is 4.79 Å². The topological polar surface area (TPSA) is 25.2 Å². The number of amides is 1. The zero-order valence-corrected chi connectivity index (χ0v) is 14.5. The van der Waals surface area contributed by atoms with Crippen molar-refractivity contribution in [2.45, 2.75) is 26.4 Å². The maximum atomic E-state index is 12.6. The Morgan fingerprint density at radius 3 is 2.81 bits per heavy atom. The first-order valence-electron chi connectivity index (χ1n) is 6.87. The van der Waals surface area contributed by atoms with E-state index in [0.717, 1.165) is 23.0 Å². The van der Waals surface area contributed by atoms with Crippen LogP contribution in [0.4, 0.5) is 0 Å². The lowest BCUT2D eigenvalue weighted by Crippen LogP contribution is -2.28. The van der Waals surface area contributed by atoms with E-state index in [4.69, 9.17) is 11.6 Å². The van der Waals surface area contributed by atoms with Crippen LogP contribution in [-0.4, -0.2) is 22.4 Å². The van der Waals surface area contributed by atoms with Crippen molar-refractivity contribution in [2.75, 3.05) is 7.05 Å². The molecule has 1 aromatic heterocycles. The van der Waals surface area contributed by atoms with Crippen molar-refractivity contribution in [2.24, 2.45) is 0 Å². The summed E-state index contributed by atoms with van der Waals surface area (Å²) in [5, 5.41) is 0.600. The summed E-state index contributed by atoms with van der Waals surface area (Å²) < 4.78 is 2.93. The van der Waals surface area contributed by atoms with Gasteiger partial charge in [0, 0.05) is 30.8 Å². The van der Waals surface area contributed by atoms with E-state index >= 15 is 0 Å².